The van der Waals surface area contributed by atoms with Crippen LogP contribution in [0.2, 0.25) is 0 Å². The molecule has 1 aliphatic rings. The highest BCUT2D eigenvalue weighted by molar-refractivity contribution is 7.89. The Kier molecular flexibility index (Phi) is 5.42. The highest BCUT2D eigenvalue weighted by Crippen LogP contribution is 2.23. The molecule has 1 N–H and O–H groups in total. The molecule has 2 aromatic heterocycles. The van der Waals surface area contributed by atoms with Crippen LogP contribution in [0.5, 0.6) is 0 Å². The Morgan fingerprint density at radius 1 is 1.42 bits per heavy atom. The monoisotopic (exact) mass is 380 g/mol. The second kappa shape index (κ2) is 7.58. The minimum absolute atomic E-state index is 0.137. The Bertz CT molecular complexity index is 872. The van der Waals surface area contributed by atoms with Crippen LogP contribution in [0.4, 0.5) is 0 Å². The van der Waals surface area contributed by atoms with Crippen LogP contribution < -0.4 is 5.32 Å². The summed E-state index contributed by atoms with van der Waals surface area (Å²) in [6, 6.07) is 1.86. The van der Waals surface area contributed by atoms with Crippen LogP contribution in [0.1, 0.15) is 25.5 Å². The zero-order valence-electron chi connectivity index (χ0n) is 15.0. The van der Waals surface area contributed by atoms with E-state index < -0.39 is 10.0 Å². The molecule has 3 rings (SSSR count). The van der Waals surface area contributed by atoms with Crippen molar-refractivity contribution < 1.29 is 13.2 Å². The fourth-order valence-electron chi connectivity index (χ4n) is 3.05. The Labute approximate surface area is 153 Å². The average Bonchev–Trinajstić information content (AvgIpc) is 3.28. The molecule has 0 aliphatic carbocycles. The third-order valence-corrected chi connectivity index (χ3v) is 6.36. The Hall–Kier alpha value is -2.20. The second-order valence-electron chi connectivity index (χ2n) is 6.43. The number of aryl methyl sites for hydroxylation is 2. The lowest BCUT2D eigenvalue weighted by Crippen LogP contribution is -2.45. The minimum atomic E-state index is -3.62. The number of aromatic nitrogens is 4. The van der Waals surface area contributed by atoms with Gasteiger partial charge in [0.25, 0.3) is 0 Å². The first-order valence-electron chi connectivity index (χ1n) is 8.69. The van der Waals surface area contributed by atoms with Crippen molar-refractivity contribution in [2.75, 3.05) is 13.1 Å². The third kappa shape index (κ3) is 3.96. The molecular weight excluding hydrogens is 356 g/mol. The number of rotatable bonds is 6. The summed E-state index contributed by atoms with van der Waals surface area (Å²) in [5.41, 5.74) is 0.788. The SMILES string of the molecule is CCn1ccc(CNC(=O)[C@H]2CCCN(S(=O)(=O)c3cnn(C)c3)C2)n1. The van der Waals surface area contributed by atoms with Crippen molar-refractivity contribution >= 4 is 15.9 Å². The van der Waals surface area contributed by atoms with E-state index >= 15 is 0 Å². The number of carbonyl (C=O) groups excluding carboxylic acids is 1. The van der Waals surface area contributed by atoms with E-state index in [0.717, 1.165) is 12.2 Å². The summed E-state index contributed by atoms with van der Waals surface area (Å²) in [5, 5.41) is 11.1. The first-order chi connectivity index (χ1) is 12.4. The first kappa shape index (κ1) is 18.6. The van der Waals surface area contributed by atoms with Crippen LogP contribution in [-0.2, 0) is 35.0 Å². The molecular formula is C16H24N6O3S. The van der Waals surface area contributed by atoms with Gasteiger partial charge >= 0.3 is 0 Å². The quantitative estimate of drug-likeness (QED) is 0.779. The van der Waals surface area contributed by atoms with Gasteiger partial charge in [-0.25, -0.2) is 8.42 Å². The van der Waals surface area contributed by atoms with E-state index in [9.17, 15) is 13.2 Å². The lowest BCUT2D eigenvalue weighted by atomic mass is 9.99. The lowest BCUT2D eigenvalue weighted by Gasteiger charge is -2.30. The summed E-state index contributed by atoms with van der Waals surface area (Å²) in [5.74, 6) is -0.495. The van der Waals surface area contributed by atoms with Gasteiger partial charge in [-0.3, -0.25) is 14.2 Å². The van der Waals surface area contributed by atoms with E-state index in [0.29, 0.717) is 25.9 Å². The van der Waals surface area contributed by atoms with Crippen molar-refractivity contribution in [2.24, 2.45) is 13.0 Å². The molecule has 1 atom stereocenters. The van der Waals surface area contributed by atoms with Crippen molar-refractivity contribution in [3.63, 3.8) is 0 Å². The van der Waals surface area contributed by atoms with Gasteiger partial charge in [-0.2, -0.15) is 14.5 Å². The highest BCUT2D eigenvalue weighted by Gasteiger charge is 2.33. The van der Waals surface area contributed by atoms with Crippen molar-refractivity contribution in [3.05, 3.63) is 30.4 Å². The Morgan fingerprint density at radius 2 is 2.23 bits per heavy atom. The third-order valence-electron chi connectivity index (χ3n) is 4.54. The van der Waals surface area contributed by atoms with Gasteiger partial charge in [0, 0.05) is 39.1 Å². The molecule has 0 bridgehead atoms. The van der Waals surface area contributed by atoms with Crippen LogP contribution >= 0.6 is 0 Å². The topological polar surface area (TPSA) is 102 Å². The zero-order valence-corrected chi connectivity index (χ0v) is 15.8. The van der Waals surface area contributed by atoms with Gasteiger partial charge in [-0.15, -0.1) is 0 Å². The molecule has 1 aliphatic heterocycles. The van der Waals surface area contributed by atoms with E-state index in [1.807, 2.05) is 19.2 Å². The fourth-order valence-corrected chi connectivity index (χ4v) is 4.56. The molecule has 10 heteroatoms. The molecule has 9 nitrogen and oxygen atoms in total. The fraction of sp³-hybridized carbons (Fsp3) is 0.562. The predicted molar refractivity (Wildman–Crippen MR) is 94.4 cm³/mol. The molecule has 0 unspecified atom stereocenters. The summed E-state index contributed by atoms with van der Waals surface area (Å²) in [7, 11) is -1.95. The van der Waals surface area contributed by atoms with E-state index in [1.54, 1.807) is 11.7 Å². The van der Waals surface area contributed by atoms with Crippen LogP contribution in [0.25, 0.3) is 0 Å². The van der Waals surface area contributed by atoms with Crippen LogP contribution in [0, 0.1) is 5.92 Å². The van der Waals surface area contributed by atoms with Gasteiger partial charge in [0.05, 0.1) is 24.4 Å². The molecule has 1 saturated heterocycles. The van der Waals surface area contributed by atoms with E-state index in [2.05, 4.69) is 15.5 Å². The summed E-state index contributed by atoms with van der Waals surface area (Å²) < 4.78 is 30.1. The van der Waals surface area contributed by atoms with Crippen molar-refractivity contribution in [1.82, 2.24) is 29.2 Å². The molecule has 142 valence electrons. The molecule has 26 heavy (non-hydrogen) atoms. The summed E-state index contributed by atoms with van der Waals surface area (Å²) in [6.45, 7) is 3.72. The van der Waals surface area contributed by atoms with Gasteiger partial charge in [0.2, 0.25) is 15.9 Å². The molecule has 1 amide bonds. The number of hydrogen-bond acceptors (Lipinski definition) is 5. The number of sulfonamides is 1. The molecule has 3 heterocycles. The van der Waals surface area contributed by atoms with Gasteiger partial charge in [0.1, 0.15) is 4.90 Å². The standard InChI is InChI=1S/C16H24N6O3S/c1-3-21-8-6-14(19-21)9-17-16(23)13-5-4-7-22(11-13)26(24,25)15-10-18-20(2)12-15/h6,8,10,12-13H,3-5,7,9,11H2,1-2H3,(H,17,23)/t13-/m0/s1. The molecule has 0 aromatic carbocycles. The highest BCUT2D eigenvalue weighted by atomic mass is 32.2. The number of hydrogen-bond donors (Lipinski definition) is 1. The van der Waals surface area contributed by atoms with Gasteiger partial charge in [0.15, 0.2) is 0 Å². The first-order valence-corrected chi connectivity index (χ1v) is 10.1. The Morgan fingerprint density at radius 3 is 2.88 bits per heavy atom. The normalized spacial score (nSPS) is 18.8. The van der Waals surface area contributed by atoms with Gasteiger partial charge in [-0.05, 0) is 25.8 Å². The maximum atomic E-state index is 12.7. The van der Waals surface area contributed by atoms with E-state index in [1.165, 1.54) is 21.4 Å². The Balaban J connectivity index is 1.61. The van der Waals surface area contributed by atoms with Gasteiger partial charge < -0.3 is 5.32 Å². The average molecular weight is 380 g/mol. The van der Waals surface area contributed by atoms with Crippen LogP contribution in [0.3, 0.4) is 0 Å². The van der Waals surface area contributed by atoms with Crippen LogP contribution in [0.15, 0.2) is 29.6 Å². The molecule has 2 aromatic rings. The van der Waals surface area contributed by atoms with E-state index in [-0.39, 0.29) is 23.3 Å². The molecule has 0 spiro atoms. The lowest BCUT2D eigenvalue weighted by molar-refractivity contribution is -0.126. The number of carbonyl (C=O) groups is 1. The largest absolute Gasteiger partial charge is 0.350 e. The number of piperidine rings is 1. The van der Waals surface area contributed by atoms with Gasteiger partial charge in [-0.1, -0.05) is 0 Å². The molecule has 1 fully saturated rings. The van der Waals surface area contributed by atoms with Crippen LogP contribution in [-0.4, -0.2) is 51.3 Å². The maximum Gasteiger partial charge on any atom is 0.246 e. The number of nitrogens with one attached hydrogen (secondary N) is 1. The van der Waals surface area contributed by atoms with Crippen molar-refractivity contribution in [2.45, 2.75) is 37.8 Å². The summed E-state index contributed by atoms with van der Waals surface area (Å²) in [6.07, 6.45) is 6.01. The maximum absolute atomic E-state index is 12.7. The minimum Gasteiger partial charge on any atom is -0.350 e. The van der Waals surface area contributed by atoms with Crippen molar-refractivity contribution in [1.29, 1.82) is 0 Å². The van der Waals surface area contributed by atoms with Crippen molar-refractivity contribution in [3.8, 4) is 0 Å². The predicted octanol–water partition coefficient (Wildman–Crippen LogP) is 0.354. The molecule has 0 saturated carbocycles. The molecule has 0 radical (unpaired) electrons. The smallest absolute Gasteiger partial charge is 0.246 e. The second-order valence-corrected chi connectivity index (χ2v) is 8.37. The van der Waals surface area contributed by atoms with E-state index in [4.69, 9.17) is 0 Å². The summed E-state index contributed by atoms with van der Waals surface area (Å²) >= 11 is 0. The number of amides is 1. The summed E-state index contributed by atoms with van der Waals surface area (Å²) in [4.78, 5) is 12.6. The zero-order chi connectivity index (χ0) is 18.7. The number of nitrogens with zero attached hydrogens (tertiary/aromatic N) is 5.